The maximum Gasteiger partial charge on any atom is 0.496 e. The van der Waals surface area contributed by atoms with E-state index in [0.29, 0.717) is 17.6 Å². The standard InChI is InChI=1S/C20H32BN3O5Si/c1-19(2)20(3,4)29-21(28-19)14-11-15-16(18(25)26-5)23-24(17(15)22-12-14)13-27-9-10-30(6,7)8/h11-12H,9-10,13H2,1-8H3. The minimum absolute atomic E-state index is 0.201. The lowest BCUT2D eigenvalue weighted by molar-refractivity contribution is 0.00578. The van der Waals surface area contributed by atoms with Gasteiger partial charge in [-0.05, 0) is 39.8 Å². The summed E-state index contributed by atoms with van der Waals surface area (Å²) >= 11 is 0. The third-order valence-corrected chi connectivity index (χ3v) is 7.43. The molecule has 1 saturated heterocycles. The van der Waals surface area contributed by atoms with Gasteiger partial charge in [-0.15, -0.1) is 0 Å². The van der Waals surface area contributed by atoms with Crippen molar-refractivity contribution in [3.8, 4) is 0 Å². The first-order valence-electron chi connectivity index (χ1n) is 10.2. The number of carbonyl (C=O) groups is 1. The zero-order valence-electron chi connectivity index (χ0n) is 19.2. The van der Waals surface area contributed by atoms with Crippen molar-refractivity contribution in [2.24, 2.45) is 0 Å². The van der Waals surface area contributed by atoms with Gasteiger partial charge < -0.3 is 18.8 Å². The van der Waals surface area contributed by atoms with Gasteiger partial charge >= 0.3 is 13.1 Å². The van der Waals surface area contributed by atoms with Crippen LogP contribution >= 0.6 is 0 Å². The van der Waals surface area contributed by atoms with Crippen LogP contribution in [0.4, 0.5) is 0 Å². The van der Waals surface area contributed by atoms with Crippen LogP contribution in [0, 0.1) is 0 Å². The van der Waals surface area contributed by atoms with Gasteiger partial charge in [-0.1, -0.05) is 19.6 Å². The van der Waals surface area contributed by atoms with Gasteiger partial charge in [0, 0.05) is 26.3 Å². The summed E-state index contributed by atoms with van der Waals surface area (Å²) in [7, 11) is -0.425. The van der Waals surface area contributed by atoms with Crippen LogP contribution in [0.25, 0.3) is 11.0 Å². The largest absolute Gasteiger partial charge is 0.496 e. The van der Waals surface area contributed by atoms with Gasteiger partial charge in [0.2, 0.25) is 0 Å². The van der Waals surface area contributed by atoms with Gasteiger partial charge in [0.1, 0.15) is 6.73 Å². The molecular formula is C20H32BN3O5Si. The van der Waals surface area contributed by atoms with Crippen molar-refractivity contribution in [1.82, 2.24) is 14.8 Å². The lowest BCUT2D eigenvalue weighted by atomic mass is 9.80. The molecule has 0 amide bonds. The number of methoxy groups -OCH3 is 1. The van der Waals surface area contributed by atoms with Gasteiger partial charge in [-0.25, -0.2) is 14.5 Å². The summed E-state index contributed by atoms with van der Waals surface area (Å²) in [5, 5.41) is 4.99. The Morgan fingerprint density at radius 2 is 1.83 bits per heavy atom. The van der Waals surface area contributed by atoms with Crippen molar-refractivity contribution < 1.29 is 23.6 Å². The van der Waals surface area contributed by atoms with Gasteiger partial charge in [0.15, 0.2) is 11.3 Å². The highest BCUT2D eigenvalue weighted by molar-refractivity contribution is 6.76. The molecule has 0 atom stereocenters. The smallest absolute Gasteiger partial charge is 0.464 e. The number of fused-ring (bicyclic) bond motifs is 1. The fourth-order valence-corrected chi connectivity index (χ4v) is 3.81. The van der Waals surface area contributed by atoms with E-state index >= 15 is 0 Å². The van der Waals surface area contributed by atoms with Crippen molar-refractivity contribution in [3.05, 3.63) is 18.0 Å². The lowest BCUT2D eigenvalue weighted by Gasteiger charge is -2.32. The zero-order valence-corrected chi connectivity index (χ0v) is 20.2. The van der Waals surface area contributed by atoms with E-state index in [1.807, 2.05) is 33.8 Å². The van der Waals surface area contributed by atoms with Crippen LogP contribution in [0.1, 0.15) is 38.2 Å². The number of ether oxygens (including phenoxy) is 2. The van der Waals surface area contributed by atoms with E-state index in [-0.39, 0.29) is 12.4 Å². The number of pyridine rings is 1. The fourth-order valence-electron chi connectivity index (χ4n) is 3.05. The molecule has 0 unspecified atom stereocenters. The summed E-state index contributed by atoms with van der Waals surface area (Å²) < 4.78 is 24.6. The molecule has 2 aromatic rings. The average molecular weight is 433 g/mol. The van der Waals surface area contributed by atoms with Crippen LogP contribution in [0.5, 0.6) is 0 Å². The van der Waals surface area contributed by atoms with Crippen LogP contribution in [0.2, 0.25) is 25.7 Å². The molecular weight excluding hydrogens is 401 g/mol. The Bertz CT molecular complexity index is 922. The summed E-state index contributed by atoms with van der Waals surface area (Å²) in [6.45, 7) is 15.7. The Hall–Kier alpha value is -1.75. The van der Waals surface area contributed by atoms with Gasteiger partial charge in [-0.3, -0.25) is 0 Å². The Morgan fingerprint density at radius 3 is 2.40 bits per heavy atom. The number of rotatable bonds is 7. The topological polar surface area (TPSA) is 84.7 Å². The van der Waals surface area contributed by atoms with Gasteiger partial charge in [-0.2, -0.15) is 5.10 Å². The van der Waals surface area contributed by atoms with Crippen LogP contribution in [0.15, 0.2) is 12.3 Å². The molecule has 10 heteroatoms. The summed E-state index contributed by atoms with van der Waals surface area (Å²) in [6, 6.07) is 2.89. The number of carbonyl (C=O) groups excluding carboxylic acids is 1. The Morgan fingerprint density at radius 1 is 1.20 bits per heavy atom. The summed E-state index contributed by atoms with van der Waals surface area (Å²) in [5.74, 6) is -0.520. The highest BCUT2D eigenvalue weighted by Crippen LogP contribution is 2.36. The van der Waals surface area contributed by atoms with Crippen molar-refractivity contribution >= 4 is 37.7 Å². The molecule has 8 nitrogen and oxygen atoms in total. The quantitative estimate of drug-likeness (QED) is 0.377. The highest BCUT2D eigenvalue weighted by Gasteiger charge is 2.52. The van der Waals surface area contributed by atoms with E-state index in [1.165, 1.54) is 7.11 Å². The first-order chi connectivity index (χ1) is 13.8. The number of nitrogens with zero attached hydrogens (tertiary/aromatic N) is 3. The maximum atomic E-state index is 12.3. The van der Waals surface area contributed by atoms with E-state index in [2.05, 4.69) is 29.7 Å². The molecule has 2 aromatic heterocycles. The summed E-state index contributed by atoms with van der Waals surface area (Å²) in [5.41, 5.74) is 0.555. The van der Waals surface area contributed by atoms with Crippen molar-refractivity contribution in [3.63, 3.8) is 0 Å². The molecule has 0 spiro atoms. The predicted octanol–water partition coefficient (Wildman–Crippen LogP) is 2.83. The third-order valence-electron chi connectivity index (χ3n) is 5.72. The monoisotopic (exact) mass is 433 g/mol. The van der Waals surface area contributed by atoms with Crippen molar-refractivity contribution in [2.45, 2.75) is 71.3 Å². The van der Waals surface area contributed by atoms with E-state index < -0.39 is 32.4 Å². The van der Waals surface area contributed by atoms with Crippen LogP contribution in [-0.2, 0) is 25.5 Å². The zero-order chi connectivity index (χ0) is 22.3. The molecule has 0 aromatic carbocycles. The second-order valence-electron chi connectivity index (χ2n) is 9.92. The molecule has 3 rings (SSSR count). The molecule has 1 aliphatic rings. The normalized spacial score (nSPS) is 18.2. The Balaban J connectivity index is 1.89. The fraction of sp³-hybridized carbons (Fsp3) is 0.650. The van der Waals surface area contributed by atoms with E-state index in [4.69, 9.17) is 18.8 Å². The summed E-state index contributed by atoms with van der Waals surface area (Å²) in [6.07, 6.45) is 1.70. The Labute approximate surface area is 179 Å². The Kier molecular flexibility index (Phi) is 6.16. The van der Waals surface area contributed by atoms with Crippen LogP contribution in [0.3, 0.4) is 0 Å². The molecule has 0 N–H and O–H groups in total. The minimum atomic E-state index is -1.19. The molecule has 0 saturated carbocycles. The maximum absolute atomic E-state index is 12.3. The van der Waals surface area contributed by atoms with Gasteiger partial charge in [0.25, 0.3) is 0 Å². The molecule has 3 heterocycles. The average Bonchev–Trinajstić information content (AvgIpc) is 3.11. The second kappa shape index (κ2) is 8.07. The molecule has 0 aliphatic carbocycles. The molecule has 1 aliphatic heterocycles. The molecule has 1 fully saturated rings. The third kappa shape index (κ3) is 4.61. The first kappa shape index (κ1) is 22.9. The van der Waals surface area contributed by atoms with E-state index in [9.17, 15) is 4.79 Å². The number of hydrogen-bond donors (Lipinski definition) is 0. The van der Waals surface area contributed by atoms with Crippen LogP contribution in [-0.4, -0.2) is 60.8 Å². The molecule has 164 valence electrons. The number of hydrogen-bond acceptors (Lipinski definition) is 7. The van der Waals surface area contributed by atoms with E-state index in [1.54, 1.807) is 10.9 Å². The van der Waals surface area contributed by atoms with Crippen molar-refractivity contribution in [1.29, 1.82) is 0 Å². The predicted molar refractivity (Wildman–Crippen MR) is 119 cm³/mol. The molecule has 30 heavy (non-hydrogen) atoms. The van der Waals surface area contributed by atoms with Gasteiger partial charge in [0.05, 0.1) is 23.7 Å². The molecule has 0 radical (unpaired) electrons. The highest BCUT2D eigenvalue weighted by atomic mass is 28.3. The molecule has 0 bridgehead atoms. The first-order valence-corrected chi connectivity index (χ1v) is 13.9. The summed E-state index contributed by atoms with van der Waals surface area (Å²) in [4.78, 5) is 16.9. The van der Waals surface area contributed by atoms with E-state index in [0.717, 1.165) is 11.5 Å². The van der Waals surface area contributed by atoms with Crippen molar-refractivity contribution in [2.75, 3.05) is 13.7 Å². The number of esters is 1. The van der Waals surface area contributed by atoms with Crippen LogP contribution < -0.4 is 5.46 Å². The second-order valence-corrected chi connectivity index (χ2v) is 15.5. The SMILES string of the molecule is COC(=O)c1nn(COCC[Si](C)(C)C)c2ncc(B3OC(C)(C)C(C)(C)O3)cc12. The minimum Gasteiger partial charge on any atom is -0.464 e. The lowest BCUT2D eigenvalue weighted by Crippen LogP contribution is -2.41. The number of aromatic nitrogens is 3.